The molecule has 0 atom stereocenters. The number of rotatable bonds is 7. The SMILES string of the molecule is c1ccc(-n2c3ccccc3c3cc(-c4cc5cc6c(cc5c5c4ccc4c7ccccc7oc45)sc4ccccc46)ccc32)cc1.c1ccc(N(c2ccccc2)c2ccc(-c3cc4cc5c(cc4c4ccccc34)sc3ccccc35)cc2)cc1.c1ccc2c(c1)oc1ccc(-c3cc4cc5c(cc4c4ccccc34)oc3ccccc35)cc12. The molecule has 0 spiro atoms. The third-order valence-electron chi connectivity index (χ3n) is 24.8. The molecule has 6 heterocycles. The first-order valence-electron chi connectivity index (χ1n) is 41.1. The maximum absolute atomic E-state index is 6.72. The molecule has 0 aliphatic rings. The maximum Gasteiger partial charge on any atom is 0.143 e. The lowest BCUT2D eigenvalue weighted by atomic mass is 9.91. The lowest BCUT2D eigenvalue weighted by molar-refractivity contribution is 0.669. The van der Waals surface area contributed by atoms with Crippen LogP contribution in [0, 0.1) is 0 Å². The topological polar surface area (TPSA) is 47.6 Å². The van der Waals surface area contributed by atoms with Crippen LogP contribution in [0.3, 0.4) is 0 Å². The van der Waals surface area contributed by atoms with Gasteiger partial charge in [0.05, 0.1) is 11.0 Å². The number of hydrogen-bond acceptors (Lipinski definition) is 6. The summed E-state index contributed by atoms with van der Waals surface area (Å²) in [5.74, 6) is 0. The van der Waals surface area contributed by atoms with Crippen molar-refractivity contribution in [2.75, 3.05) is 4.90 Å². The van der Waals surface area contributed by atoms with E-state index in [9.17, 15) is 0 Å². The van der Waals surface area contributed by atoms with Crippen LogP contribution in [-0.2, 0) is 0 Å². The fourth-order valence-electron chi connectivity index (χ4n) is 19.3. The fourth-order valence-corrected chi connectivity index (χ4v) is 21.5. The van der Waals surface area contributed by atoms with E-state index in [-0.39, 0.29) is 0 Å². The van der Waals surface area contributed by atoms with Gasteiger partial charge in [-0.05, 0) is 262 Å². The third kappa shape index (κ3) is 11.2. The van der Waals surface area contributed by atoms with Gasteiger partial charge < -0.3 is 22.7 Å². The smallest absolute Gasteiger partial charge is 0.143 e. The average molecular weight is 1580 g/mol. The van der Waals surface area contributed by atoms with Crippen molar-refractivity contribution in [2.24, 2.45) is 0 Å². The van der Waals surface area contributed by atoms with E-state index in [4.69, 9.17) is 13.3 Å². The average Bonchev–Trinajstić information content (AvgIpc) is 1.62. The van der Waals surface area contributed by atoms with Crippen LogP contribution in [0.1, 0.15) is 0 Å². The number of hydrogen-bond donors (Lipinski definition) is 0. The van der Waals surface area contributed by atoms with E-state index < -0.39 is 0 Å². The summed E-state index contributed by atoms with van der Waals surface area (Å²) in [6.07, 6.45) is 0. The minimum Gasteiger partial charge on any atom is -0.456 e. The Labute approximate surface area is 701 Å². The van der Waals surface area contributed by atoms with Crippen LogP contribution in [0.2, 0.25) is 0 Å². The summed E-state index contributed by atoms with van der Waals surface area (Å²) in [5.41, 5.74) is 19.9. The zero-order valence-corrected chi connectivity index (χ0v) is 66.8. The zero-order chi connectivity index (χ0) is 79.3. The predicted molar refractivity (Wildman–Crippen MR) is 517 cm³/mol. The maximum atomic E-state index is 6.72. The molecule has 0 fully saturated rings. The molecular weight excluding hydrogens is 1510 g/mol. The van der Waals surface area contributed by atoms with Gasteiger partial charge in [-0.2, -0.15) is 0 Å². The van der Waals surface area contributed by atoms with E-state index in [1.54, 1.807) is 0 Å². The predicted octanol–water partition coefficient (Wildman–Crippen LogP) is 34.0. The van der Waals surface area contributed by atoms with Crippen molar-refractivity contribution < 1.29 is 13.3 Å². The Balaban J connectivity index is 0.000000102. The first-order valence-corrected chi connectivity index (χ1v) is 42.8. The zero-order valence-electron chi connectivity index (χ0n) is 65.2. The van der Waals surface area contributed by atoms with E-state index in [0.29, 0.717) is 0 Å². The van der Waals surface area contributed by atoms with Gasteiger partial charge in [-0.3, -0.25) is 0 Å². The van der Waals surface area contributed by atoms with Crippen molar-refractivity contribution in [2.45, 2.75) is 0 Å². The van der Waals surface area contributed by atoms with E-state index >= 15 is 0 Å². The van der Waals surface area contributed by atoms with Crippen LogP contribution in [0.25, 0.3) is 232 Å². The van der Waals surface area contributed by atoms with Crippen molar-refractivity contribution in [3.05, 3.63) is 413 Å². The highest BCUT2D eigenvalue weighted by atomic mass is 32.1. The minimum atomic E-state index is 0.918. The molecule has 0 unspecified atom stereocenters. The normalized spacial score (nSPS) is 12.0. The lowest BCUT2D eigenvalue weighted by Crippen LogP contribution is -2.09. The molecule has 0 N–H and O–H groups in total. The standard InChI is InChI=1S/C44H25NOS.C38H25NS.C32H18O2/c1-2-10-28(11-3-1)45-38-15-7-4-12-29(38)36-22-26(18-21-39(36)45)34-23-27-24-37-31-14-6-9-17-41(31)47-42(37)25-35(27)43-32(34)19-20-33-30-13-5-8-16-40(30)46-44(33)43;1-3-11-28(12-4-1)39(29-13-5-2-6-14-29)30-21-19-26(20-22-30)34-23-27-24-36-33-17-9-10-18-37(33)40-38(36)25-35(27)32-16-8-7-15-31(32)34;1-2-8-22-21(7-1)25(19-13-14-31-27(15-19)23-9-3-5-11-29(23)33-31)16-20-17-28-24-10-4-6-12-30(24)34-32(28)18-26(20)22/h1-25H;1-25H;1-18H. The number of fused-ring (bicyclic) bond motifs is 28. The molecule has 121 heavy (non-hydrogen) atoms. The number of anilines is 3. The summed E-state index contributed by atoms with van der Waals surface area (Å²) >= 11 is 3.75. The van der Waals surface area contributed by atoms with E-state index in [1.807, 2.05) is 46.9 Å². The van der Waals surface area contributed by atoms with Gasteiger partial charge in [0.1, 0.15) is 33.5 Å². The van der Waals surface area contributed by atoms with Crippen LogP contribution in [-0.4, -0.2) is 4.57 Å². The Bertz CT molecular complexity index is 8880. The number of furan rings is 3. The van der Waals surface area contributed by atoms with Gasteiger partial charge in [0.15, 0.2) is 0 Å². The second-order valence-corrected chi connectivity index (χ2v) is 33.8. The summed E-state index contributed by atoms with van der Waals surface area (Å²) in [7, 11) is 0. The van der Waals surface area contributed by atoms with Crippen LogP contribution in [0.4, 0.5) is 17.1 Å². The Morgan fingerprint density at radius 1 is 0.198 bits per heavy atom. The third-order valence-corrected chi connectivity index (χ3v) is 27.1. The Morgan fingerprint density at radius 3 is 1.21 bits per heavy atom. The summed E-state index contributed by atoms with van der Waals surface area (Å²) in [5, 5.41) is 29.6. The van der Waals surface area contributed by atoms with Gasteiger partial charge >= 0.3 is 0 Å². The molecule has 0 aliphatic carbocycles. The largest absolute Gasteiger partial charge is 0.456 e. The number of nitrogens with zero attached hydrogens (tertiary/aromatic N) is 2. The van der Waals surface area contributed by atoms with Gasteiger partial charge in [-0.1, -0.05) is 243 Å². The van der Waals surface area contributed by atoms with Gasteiger partial charge in [0, 0.05) is 112 Å². The monoisotopic (exact) mass is 1580 g/mol. The molecule has 6 aromatic heterocycles. The number of benzene rings is 21. The first kappa shape index (κ1) is 68.8. The fraction of sp³-hybridized carbons (Fsp3) is 0. The molecule has 0 saturated heterocycles. The molecule has 0 aliphatic heterocycles. The van der Waals surface area contributed by atoms with Gasteiger partial charge in [0.2, 0.25) is 0 Å². The lowest BCUT2D eigenvalue weighted by Gasteiger charge is -2.25. The van der Waals surface area contributed by atoms with Gasteiger partial charge in [-0.25, -0.2) is 0 Å². The highest BCUT2D eigenvalue weighted by Crippen LogP contribution is 2.49. The summed E-state index contributed by atoms with van der Waals surface area (Å²) in [6, 6.07) is 149. The summed E-state index contributed by atoms with van der Waals surface area (Å²) in [4.78, 5) is 2.31. The van der Waals surface area contributed by atoms with Gasteiger partial charge in [0.25, 0.3) is 0 Å². The van der Waals surface area contributed by atoms with E-state index in [1.165, 1.54) is 166 Å². The number of thiophene rings is 2. The Morgan fingerprint density at radius 2 is 0.595 bits per heavy atom. The first-order chi connectivity index (χ1) is 60.0. The molecule has 27 aromatic rings. The van der Waals surface area contributed by atoms with Crippen LogP contribution in [0.5, 0.6) is 0 Å². The molecule has 0 bridgehead atoms. The van der Waals surface area contributed by atoms with Crippen molar-refractivity contribution in [3.63, 3.8) is 0 Å². The van der Waals surface area contributed by atoms with Gasteiger partial charge in [-0.15, -0.1) is 22.7 Å². The summed E-state index contributed by atoms with van der Waals surface area (Å²) < 4.78 is 26.7. The minimum absolute atomic E-state index is 0.918. The second kappa shape index (κ2) is 27.6. The number of para-hydroxylation sites is 7. The van der Waals surface area contributed by atoms with Crippen LogP contribution in [0.15, 0.2) is 426 Å². The Hall–Kier alpha value is -15.4. The van der Waals surface area contributed by atoms with E-state index in [0.717, 1.165) is 82.9 Å². The molecule has 0 saturated carbocycles. The van der Waals surface area contributed by atoms with Crippen molar-refractivity contribution in [1.29, 1.82) is 0 Å². The molecule has 27 rings (SSSR count). The van der Waals surface area contributed by atoms with Crippen molar-refractivity contribution in [1.82, 2.24) is 4.57 Å². The van der Waals surface area contributed by atoms with E-state index in [2.05, 4.69) is 398 Å². The Kier molecular flexibility index (Phi) is 15.7. The van der Waals surface area contributed by atoms with Crippen LogP contribution < -0.4 is 4.90 Å². The van der Waals surface area contributed by atoms with Crippen molar-refractivity contribution >= 4 is 232 Å². The summed E-state index contributed by atoms with van der Waals surface area (Å²) in [6.45, 7) is 0. The van der Waals surface area contributed by atoms with Crippen LogP contribution >= 0.6 is 22.7 Å². The molecule has 0 radical (unpaired) electrons. The quantitative estimate of drug-likeness (QED) is 0.149. The molecule has 21 aromatic carbocycles. The van der Waals surface area contributed by atoms with Crippen molar-refractivity contribution in [3.8, 4) is 39.1 Å². The molecule has 564 valence electrons. The molecule has 7 heteroatoms. The highest BCUT2D eigenvalue weighted by Gasteiger charge is 2.23. The molecule has 5 nitrogen and oxygen atoms in total. The second-order valence-electron chi connectivity index (χ2n) is 31.6. The molecular formula is C114H68N2O3S2. The molecule has 0 amide bonds. The number of aromatic nitrogens is 1. The highest BCUT2D eigenvalue weighted by molar-refractivity contribution is 7.26.